The topological polar surface area (TPSA) is 130 Å². The number of hydrogen-bond acceptors (Lipinski definition) is 6. The van der Waals surface area contributed by atoms with E-state index >= 15 is 0 Å². The summed E-state index contributed by atoms with van der Waals surface area (Å²) in [5.74, 6) is -1.64. The number of tetrazole rings is 1. The van der Waals surface area contributed by atoms with Gasteiger partial charge in [0.05, 0.1) is 18.4 Å². The van der Waals surface area contributed by atoms with E-state index in [-0.39, 0.29) is 17.1 Å². The van der Waals surface area contributed by atoms with E-state index in [1.165, 1.54) is 25.3 Å². The Labute approximate surface area is 106 Å². The number of aromatic amines is 1. The van der Waals surface area contributed by atoms with Gasteiger partial charge >= 0.3 is 5.97 Å². The van der Waals surface area contributed by atoms with Gasteiger partial charge in [0.25, 0.3) is 11.7 Å². The number of anilines is 1. The van der Waals surface area contributed by atoms with E-state index in [0.717, 1.165) is 0 Å². The Morgan fingerprint density at radius 2 is 2.21 bits per heavy atom. The number of nitrogens with zero attached hydrogens (tertiary/aromatic N) is 3. The van der Waals surface area contributed by atoms with Gasteiger partial charge in [-0.05, 0) is 17.3 Å². The number of aromatic carboxylic acids is 1. The number of amides is 1. The molecule has 1 aromatic carbocycles. The summed E-state index contributed by atoms with van der Waals surface area (Å²) in [5.41, 5.74) is 0.0132. The van der Waals surface area contributed by atoms with E-state index in [2.05, 4.69) is 25.9 Å². The van der Waals surface area contributed by atoms with Crippen LogP contribution in [-0.4, -0.2) is 44.7 Å². The minimum absolute atomic E-state index is 0.0716. The van der Waals surface area contributed by atoms with Gasteiger partial charge in [-0.1, -0.05) is 0 Å². The highest BCUT2D eigenvalue weighted by Crippen LogP contribution is 2.22. The summed E-state index contributed by atoms with van der Waals surface area (Å²) in [4.78, 5) is 22.8. The van der Waals surface area contributed by atoms with Gasteiger partial charge in [-0.25, -0.2) is 4.79 Å². The molecule has 1 heterocycles. The maximum Gasteiger partial charge on any atom is 0.337 e. The average molecular weight is 263 g/mol. The first kappa shape index (κ1) is 12.5. The van der Waals surface area contributed by atoms with Crippen molar-refractivity contribution in [2.24, 2.45) is 0 Å². The van der Waals surface area contributed by atoms with Crippen molar-refractivity contribution in [3.63, 3.8) is 0 Å². The lowest BCUT2D eigenvalue weighted by Gasteiger charge is -2.08. The predicted octanol–water partition coefficient (Wildman–Crippen LogP) is 0.159. The van der Waals surface area contributed by atoms with Crippen molar-refractivity contribution < 1.29 is 19.4 Å². The van der Waals surface area contributed by atoms with Gasteiger partial charge in [-0.3, -0.25) is 4.79 Å². The number of carboxylic acid groups (broad SMARTS) is 1. The molecule has 19 heavy (non-hydrogen) atoms. The van der Waals surface area contributed by atoms with Crippen LogP contribution in [0.3, 0.4) is 0 Å². The van der Waals surface area contributed by atoms with Crippen LogP contribution in [0.4, 0.5) is 5.69 Å². The van der Waals surface area contributed by atoms with Gasteiger partial charge in [-0.15, -0.1) is 10.2 Å². The highest BCUT2D eigenvalue weighted by Gasteiger charge is 2.16. The smallest absolute Gasteiger partial charge is 0.337 e. The zero-order chi connectivity index (χ0) is 13.8. The summed E-state index contributed by atoms with van der Waals surface area (Å²) in [5, 5.41) is 23.8. The van der Waals surface area contributed by atoms with Crippen molar-refractivity contribution in [3.8, 4) is 5.75 Å². The van der Waals surface area contributed by atoms with E-state index in [1.807, 2.05) is 0 Å². The van der Waals surface area contributed by atoms with Gasteiger partial charge < -0.3 is 15.2 Å². The Bertz CT molecular complexity index is 610. The molecule has 1 aromatic heterocycles. The van der Waals surface area contributed by atoms with E-state index in [1.54, 1.807) is 0 Å². The summed E-state index contributed by atoms with van der Waals surface area (Å²) in [6.45, 7) is 0. The Kier molecular flexibility index (Phi) is 3.37. The molecule has 0 aliphatic carbocycles. The molecule has 0 aliphatic rings. The lowest BCUT2D eigenvalue weighted by Crippen LogP contribution is -2.16. The number of carboxylic acids is 1. The number of aromatic nitrogens is 4. The molecule has 0 unspecified atom stereocenters. The quantitative estimate of drug-likeness (QED) is 0.716. The van der Waals surface area contributed by atoms with Crippen LogP contribution in [0.2, 0.25) is 0 Å². The van der Waals surface area contributed by atoms with Crippen molar-refractivity contribution in [1.29, 1.82) is 0 Å². The molecule has 9 nitrogen and oxygen atoms in total. The first-order valence-corrected chi connectivity index (χ1v) is 5.08. The third-order valence-electron chi connectivity index (χ3n) is 2.25. The Morgan fingerprint density at radius 1 is 1.42 bits per heavy atom. The number of ether oxygens (including phenoxy) is 1. The molecule has 0 saturated carbocycles. The molecular weight excluding hydrogens is 254 g/mol. The summed E-state index contributed by atoms with van der Waals surface area (Å²) >= 11 is 0. The minimum Gasteiger partial charge on any atom is -0.497 e. The second-order valence-corrected chi connectivity index (χ2v) is 3.41. The molecule has 0 radical (unpaired) electrons. The number of rotatable bonds is 4. The summed E-state index contributed by atoms with van der Waals surface area (Å²) in [7, 11) is 1.43. The van der Waals surface area contributed by atoms with Crippen LogP contribution in [0.5, 0.6) is 5.75 Å². The molecule has 0 fully saturated rings. The fourth-order valence-corrected chi connectivity index (χ4v) is 1.38. The maximum atomic E-state index is 11.7. The number of H-pyrrole nitrogens is 1. The number of carbonyl (C=O) groups is 2. The SMILES string of the molecule is COc1ccc(C(=O)O)c(NC(=O)c2nn[nH]n2)c1. The van der Waals surface area contributed by atoms with Gasteiger partial charge in [0, 0.05) is 6.07 Å². The highest BCUT2D eigenvalue weighted by molar-refractivity contribution is 6.05. The van der Waals surface area contributed by atoms with Crippen LogP contribution in [-0.2, 0) is 0 Å². The fourth-order valence-electron chi connectivity index (χ4n) is 1.38. The van der Waals surface area contributed by atoms with Crippen LogP contribution in [0.15, 0.2) is 18.2 Å². The zero-order valence-electron chi connectivity index (χ0n) is 9.75. The molecule has 0 aliphatic heterocycles. The molecule has 0 atom stereocenters. The second-order valence-electron chi connectivity index (χ2n) is 3.41. The molecule has 0 saturated heterocycles. The Morgan fingerprint density at radius 3 is 2.79 bits per heavy atom. The Balaban J connectivity index is 2.32. The molecule has 2 aromatic rings. The summed E-state index contributed by atoms with van der Waals surface area (Å²) in [6.07, 6.45) is 0. The number of carbonyl (C=O) groups excluding carboxylic acids is 1. The van der Waals surface area contributed by atoms with E-state index in [4.69, 9.17) is 9.84 Å². The van der Waals surface area contributed by atoms with Gasteiger partial charge in [0.15, 0.2) is 0 Å². The molecule has 0 spiro atoms. The van der Waals surface area contributed by atoms with Crippen LogP contribution in [0, 0.1) is 0 Å². The number of methoxy groups -OCH3 is 1. The predicted molar refractivity (Wildman–Crippen MR) is 62.1 cm³/mol. The standard InChI is InChI=1S/C10H9N5O4/c1-19-5-2-3-6(10(17)18)7(4-5)11-9(16)8-12-14-15-13-8/h2-4H,1H3,(H,11,16)(H,17,18)(H,12,13,14,15). The lowest BCUT2D eigenvalue weighted by molar-refractivity contribution is 0.0698. The van der Waals surface area contributed by atoms with Gasteiger partial charge in [0.2, 0.25) is 0 Å². The van der Waals surface area contributed by atoms with Crippen LogP contribution < -0.4 is 10.1 Å². The summed E-state index contributed by atoms with van der Waals surface area (Å²) in [6, 6.07) is 4.20. The minimum atomic E-state index is -1.17. The van der Waals surface area contributed by atoms with Gasteiger partial charge in [0.1, 0.15) is 5.75 Å². The molecular formula is C10H9N5O4. The molecule has 2 rings (SSSR count). The Hall–Kier alpha value is -2.97. The largest absolute Gasteiger partial charge is 0.497 e. The molecule has 3 N–H and O–H groups in total. The van der Waals surface area contributed by atoms with Gasteiger partial charge in [-0.2, -0.15) is 5.21 Å². The monoisotopic (exact) mass is 263 g/mol. The van der Waals surface area contributed by atoms with Crippen molar-refractivity contribution in [2.75, 3.05) is 12.4 Å². The molecule has 9 heteroatoms. The van der Waals surface area contributed by atoms with Crippen molar-refractivity contribution >= 4 is 17.6 Å². The number of benzene rings is 1. The van der Waals surface area contributed by atoms with Crippen molar-refractivity contribution in [2.45, 2.75) is 0 Å². The molecule has 98 valence electrons. The summed E-state index contributed by atoms with van der Waals surface area (Å²) < 4.78 is 4.97. The number of hydrogen-bond donors (Lipinski definition) is 3. The van der Waals surface area contributed by atoms with Crippen molar-refractivity contribution in [1.82, 2.24) is 20.6 Å². The van der Waals surface area contributed by atoms with E-state index in [9.17, 15) is 9.59 Å². The van der Waals surface area contributed by atoms with Crippen LogP contribution >= 0.6 is 0 Å². The van der Waals surface area contributed by atoms with Crippen LogP contribution in [0.25, 0.3) is 0 Å². The lowest BCUT2D eigenvalue weighted by atomic mass is 10.1. The van der Waals surface area contributed by atoms with Crippen molar-refractivity contribution in [3.05, 3.63) is 29.6 Å². The first-order chi connectivity index (χ1) is 9.11. The highest BCUT2D eigenvalue weighted by atomic mass is 16.5. The maximum absolute atomic E-state index is 11.7. The normalized spacial score (nSPS) is 9.95. The first-order valence-electron chi connectivity index (χ1n) is 5.08. The second kappa shape index (κ2) is 5.12. The third kappa shape index (κ3) is 2.65. The molecule has 1 amide bonds. The molecule has 0 bridgehead atoms. The van der Waals surface area contributed by atoms with E-state index < -0.39 is 11.9 Å². The fraction of sp³-hybridized carbons (Fsp3) is 0.100. The van der Waals surface area contributed by atoms with E-state index in [0.29, 0.717) is 5.75 Å². The number of nitrogens with one attached hydrogen (secondary N) is 2. The van der Waals surface area contributed by atoms with Crippen LogP contribution in [0.1, 0.15) is 21.0 Å². The zero-order valence-corrected chi connectivity index (χ0v) is 9.75. The third-order valence-corrected chi connectivity index (χ3v) is 2.25. The average Bonchev–Trinajstić information content (AvgIpc) is 2.92.